The van der Waals surface area contributed by atoms with Crippen LogP contribution in [0.1, 0.15) is 0 Å². The molecule has 5 nitrogen and oxygen atoms in total. The number of rotatable bonds is 1. The average Bonchev–Trinajstić information content (AvgIpc) is 2.56. The predicted molar refractivity (Wildman–Crippen MR) is 53.6 cm³/mol. The fourth-order valence-electron chi connectivity index (χ4n) is 1.06. The Kier molecular flexibility index (Phi) is 2.01. The van der Waals surface area contributed by atoms with Crippen LogP contribution in [0.5, 0.6) is 0 Å². The zero-order valence-corrected chi connectivity index (χ0v) is 7.82. The van der Waals surface area contributed by atoms with Crippen LogP contribution < -0.4 is 11.5 Å². The quantitative estimate of drug-likeness (QED) is 0.697. The standard InChI is InChI=1S/C8H7ClN4O/c9-4-1-2-6(10)5(3-4)7-12-13-8(11)14-7/h1-3H,10H2,(H2,11,13). The van der Waals surface area contributed by atoms with Crippen molar-refractivity contribution in [2.75, 3.05) is 11.5 Å². The Labute approximate surface area is 84.7 Å². The summed E-state index contributed by atoms with van der Waals surface area (Å²) < 4.78 is 5.02. The van der Waals surface area contributed by atoms with Gasteiger partial charge in [0.2, 0.25) is 0 Å². The van der Waals surface area contributed by atoms with Crippen molar-refractivity contribution in [1.82, 2.24) is 10.2 Å². The lowest BCUT2D eigenvalue weighted by atomic mass is 10.2. The SMILES string of the molecule is Nc1nnc(-c2cc(Cl)ccc2N)o1. The molecule has 0 fully saturated rings. The van der Waals surface area contributed by atoms with Crippen LogP contribution in [0.2, 0.25) is 5.02 Å². The second kappa shape index (κ2) is 3.19. The van der Waals surface area contributed by atoms with Crippen molar-refractivity contribution in [2.24, 2.45) is 0 Å². The maximum Gasteiger partial charge on any atom is 0.313 e. The van der Waals surface area contributed by atoms with Gasteiger partial charge in [0, 0.05) is 10.7 Å². The molecule has 72 valence electrons. The number of halogens is 1. The Balaban J connectivity index is 2.55. The molecule has 0 saturated carbocycles. The first kappa shape index (κ1) is 8.83. The van der Waals surface area contributed by atoms with Crippen LogP contribution in [0, 0.1) is 0 Å². The fraction of sp³-hybridized carbons (Fsp3) is 0. The van der Waals surface area contributed by atoms with E-state index in [1.54, 1.807) is 18.2 Å². The Morgan fingerprint density at radius 1 is 1.21 bits per heavy atom. The van der Waals surface area contributed by atoms with E-state index in [-0.39, 0.29) is 11.9 Å². The van der Waals surface area contributed by atoms with E-state index in [1.807, 2.05) is 0 Å². The van der Waals surface area contributed by atoms with E-state index in [9.17, 15) is 0 Å². The van der Waals surface area contributed by atoms with Gasteiger partial charge in [-0.1, -0.05) is 16.7 Å². The topological polar surface area (TPSA) is 91.0 Å². The van der Waals surface area contributed by atoms with Gasteiger partial charge in [0.15, 0.2) is 0 Å². The summed E-state index contributed by atoms with van der Waals surface area (Å²) in [4.78, 5) is 0. The minimum Gasteiger partial charge on any atom is -0.403 e. The third-order valence-corrected chi connectivity index (χ3v) is 1.92. The largest absolute Gasteiger partial charge is 0.403 e. The van der Waals surface area contributed by atoms with Gasteiger partial charge in [0.05, 0.1) is 5.56 Å². The van der Waals surface area contributed by atoms with Gasteiger partial charge in [0.1, 0.15) is 0 Å². The van der Waals surface area contributed by atoms with Crippen LogP contribution in [0.3, 0.4) is 0 Å². The fourth-order valence-corrected chi connectivity index (χ4v) is 1.23. The van der Waals surface area contributed by atoms with Gasteiger partial charge in [0.25, 0.3) is 5.89 Å². The molecule has 4 N–H and O–H groups in total. The molecular weight excluding hydrogens is 204 g/mol. The summed E-state index contributed by atoms with van der Waals surface area (Å²) in [6.07, 6.45) is 0. The molecule has 0 aliphatic heterocycles. The van der Waals surface area contributed by atoms with Crippen molar-refractivity contribution >= 4 is 23.3 Å². The van der Waals surface area contributed by atoms with Crippen LogP contribution in [0.25, 0.3) is 11.5 Å². The molecule has 0 bridgehead atoms. The molecule has 0 atom stereocenters. The Hall–Kier alpha value is -1.75. The van der Waals surface area contributed by atoms with E-state index < -0.39 is 0 Å². The molecule has 0 saturated heterocycles. The van der Waals surface area contributed by atoms with E-state index in [0.29, 0.717) is 16.3 Å². The molecule has 2 rings (SSSR count). The minimum absolute atomic E-state index is 0.000578. The maximum absolute atomic E-state index is 5.80. The molecule has 0 aliphatic carbocycles. The summed E-state index contributed by atoms with van der Waals surface area (Å²) in [6.45, 7) is 0. The molecule has 0 amide bonds. The first-order valence-corrected chi connectivity index (χ1v) is 4.19. The van der Waals surface area contributed by atoms with Gasteiger partial charge in [-0.3, -0.25) is 0 Å². The van der Waals surface area contributed by atoms with Crippen LogP contribution in [0.15, 0.2) is 22.6 Å². The van der Waals surface area contributed by atoms with Crippen LogP contribution >= 0.6 is 11.6 Å². The lowest BCUT2D eigenvalue weighted by molar-refractivity contribution is 0.590. The minimum atomic E-state index is -0.000578. The highest BCUT2D eigenvalue weighted by Crippen LogP contribution is 2.27. The van der Waals surface area contributed by atoms with E-state index in [4.69, 9.17) is 27.5 Å². The Morgan fingerprint density at radius 2 is 2.00 bits per heavy atom. The monoisotopic (exact) mass is 210 g/mol. The molecule has 2 aromatic rings. The van der Waals surface area contributed by atoms with Crippen LogP contribution in [0.4, 0.5) is 11.7 Å². The molecule has 0 spiro atoms. The van der Waals surface area contributed by atoms with E-state index >= 15 is 0 Å². The zero-order valence-electron chi connectivity index (χ0n) is 7.07. The Bertz CT molecular complexity index is 468. The van der Waals surface area contributed by atoms with Gasteiger partial charge >= 0.3 is 6.01 Å². The molecule has 1 heterocycles. The lowest BCUT2D eigenvalue weighted by Crippen LogP contribution is -1.89. The second-order valence-electron chi connectivity index (χ2n) is 2.68. The lowest BCUT2D eigenvalue weighted by Gasteiger charge is -2.00. The second-order valence-corrected chi connectivity index (χ2v) is 3.11. The highest BCUT2D eigenvalue weighted by atomic mass is 35.5. The summed E-state index contributed by atoms with van der Waals surface area (Å²) in [7, 11) is 0. The number of benzene rings is 1. The summed E-state index contributed by atoms with van der Waals surface area (Å²) in [5.74, 6) is 0.266. The normalized spacial score (nSPS) is 10.4. The van der Waals surface area contributed by atoms with Crippen molar-refractivity contribution < 1.29 is 4.42 Å². The van der Waals surface area contributed by atoms with Gasteiger partial charge in [-0.2, -0.15) is 0 Å². The Morgan fingerprint density at radius 3 is 2.64 bits per heavy atom. The summed E-state index contributed by atoms with van der Waals surface area (Å²) in [5.41, 5.74) is 12.1. The van der Waals surface area contributed by atoms with Gasteiger partial charge in [-0.05, 0) is 18.2 Å². The third-order valence-electron chi connectivity index (χ3n) is 1.69. The highest BCUT2D eigenvalue weighted by Gasteiger charge is 2.10. The predicted octanol–water partition coefficient (Wildman–Crippen LogP) is 1.55. The molecule has 0 radical (unpaired) electrons. The van der Waals surface area contributed by atoms with Crippen molar-refractivity contribution in [3.05, 3.63) is 23.2 Å². The summed E-state index contributed by atoms with van der Waals surface area (Å²) >= 11 is 5.80. The maximum atomic E-state index is 5.80. The van der Waals surface area contributed by atoms with Crippen molar-refractivity contribution in [2.45, 2.75) is 0 Å². The molecule has 0 aliphatic rings. The average molecular weight is 211 g/mol. The van der Waals surface area contributed by atoms with Crippen molar-refractivity contribution in [1.29, 1.82) is 0 Å². The van der Waals surface area contributed by atoms with Gasteiger partial charge < -0.3 is 15.9 Å². The van der Waals surface area contributed by atoms with Crippen LogP contribution in [-0.4, -0.2) is 10.2 Å². The van der Waals surface area contributed by atoms with Crippen molar-refractivity contribution in [3.63, 3.8) is 0 Å². The van der Waals surface area contributed by atoms with Crippen LogP contribution in [-0.2, 0) is 0 Å². The summed E-state index contributed by atoms with van der Waals surface area (Å²) in [6, 6.07) is 4.99. The van der Waals surface area contributed by atoms with E-state index in [2.05, 4.69) is 10.2 Å². The van der Waals surface area contributed by atoms with E-state index in [1.165, 1.54) is 0 Å². The number of aromatic nitrogens is 2. The third kappa shape index (κ3) is 1.49. The molecular formula is C8H7ClN4O. The van der Waals surface area contributed by atoms with Gasteiger partial charge in [-0.25, -0.2) is 0 Å². The molecule has 6 heteroatoms. The number of hydrogen-bond donors (Lipinski definition) is 2. The number of nitrogens with zero attached hydrogens (tertiary/aromatic N) is 2. The van der Waals surface area contributed by atoms with Crippen molar-refractivity contribution in [3.8, 4) is 11.5 Å². The highest BCUT2D eigenvalue weighted by molar-refractivity contribution is 6.31. The van der Waals surface area contributed by atoms with E-state index in [0.717, 1.165) is 0 Å². The first-order valence-electron chi connectivity index (χ1n) is 3.81. The first-order chi connectivity index (χ1) is 6.66. The number of nitrogens with two attached hydrogens (primary N) is 2. The van der Waals surface area contributed by atoms with Gasteiger partial charge in [-0.15, -0.1) is 5.10 Å². The zero-order chi connectivity index (χ0) is 10.1. The summed E-state index contributed by atoms with van der Waals surface area (Å²) in [5, 5.41) is 7.78. The molecule has 1 aromatic carbocycles. The number of nitrogen functional groups attached to an aromatic ring is 2. The number of anilines is 2. The smallest absolute Gasteiger partial charge is 0.313 e. The molecule has 1 aromatic heterocycles. The number of hydrogen-bond acceptors (Lipinski definition) is 5. The molecule has 0 unspecified atom stereocenters. The molecule has 14 heavy (non-hydrogen) atoms.